The van der Waals surface area contributed by atoms with E-state index in [-0.39, 0.29) is 18.3 Å². The minimum absolute atomic E-state index is 0. The SMILES string of the molecule is Cc1cccc(OCCC(=O)N2CCC3(CCNC3)C2)c1.Cl. The second-order valence-corrected chi connectivity index (χ2v) is 6.41. The number of likely N-dealkylation sites (tertiary alicyclic amines) is 1. The molecular weight excluding hydrogens is 300 g/mol. The fraction of sp³-hybridized carbons (Fsp3) is 0.588. The first-order valence-corrected chi connectivity index (χ1v) is 7.85. The number of benzene rings is 1. The number of hydrogen-bond acceptors (Lipinski definition) is 3. The van der Waals surface area contributed by atoms with Gasteiger partial charge in [0.15, 0.2) is 0 Å². The quantitative estimate of drug-likeness (QED) is 0.924. The molecule has 1 spiro atoms. The van der Waals surface area contributed by atoms with Crippen molar-refractivity contribution in [3.8, 4) is 5.75 Å². The van der Waals surface area contributed by atoms with Crippen molar-refractivity contribution in [2.24, 2.45) is 5.41 Å². The molecule has 0 aromatic heterocycles. The highest BCUT2D eigenvalue weighted by molar-refractivity contribution is 5.85. The summed E-state index contributed by atoms with van der Waals surface area (Å²) < 4.78 is 5.67. The summed E-state index contributed by atoms with van der Waals surface area (Å²) in [5, 5.41) is 3.42. The summed E-state index contributed by atoms with van der Waals surface area (Å²) in [6.07, 6.45) is 2.82. The van der Waals surface area contributed by atoms with Gasteiger partial charge in [0, 0.05) is 25.0 Å². The summed E-state index contributed by atoms with van der Waals surface area (Å²) in [4.78, 5) is 14.3. The first-order chi connectivity index (χ1) is 10.2. The van der Waals surface area contributed by atoms with E-state index in [0.717, 1.165) is 38.3 Å². The molecular formula is C17H25ClN2O2. The Bertz CT molecular complexity index is 515. The molecule has 1 aromatic carbocycles. The first kappa shape index (κ1) is 17.1. The number of nitrogens with one attached hydrogen (secondary N) is 1. The highest BCUT2D eigenvalue weighted by atomic mass is 35.5. The van der Waals surface area contributed by atoms with Gasteiger partial charge in [-0.05, 0) is 44.0 Å². The Hall–Kier alpha value is -1.26. The zero-order chi connectivity index (χ0) is 14.7. The molecule has 122 valence electrons. The Balaban J connectivity index is 0.00000176. The van der Waals surface area contributed by atoms with Crippen LogP contribution in [0.2, 0.25) is 0 Å². The van der Waals surface area contributed by atoms with E-state index < -0.39 is 0 Å². The van der Waals surface area contributed by atoms with Crippen molar-refractivity contribution in [1.29, 1.82) is 0 Å². The summed E-state index contributed by atoms with van der Waals surface area (Å²) in [6, 6.07) is 7.95. The van der Waals surface area contributed by atoms with Crippen molar-refractivity contribution >= 4 is 18.3 Å². The minimum Gasteiger partial charge on any atom is -0.493 e. The zero-order valence-electron chi connectivity index (χ0n) is 13.1. The van der Waals surface area contributed by atoms with Crippen LogP contribution in [0.15, 0.2) is 24.3 Å². The summed E-state index contributed by atoms with van der Waals surface area (Å²) in [7, 11) is 0. The monoisotopic (exact) mass is 324 g/mol. The third kappa shape index (κ3) is 3.93. The van der Waals surface area contributed by atoms with Gasteiger partial charge in [-0.3, -0.25) is 4.79 Å². The Morgan fingerprint density at radius 1 is 1.41 bits per heavy atom. The molecule has 1 N–H and O–H groups in total. The van der Waals surface area contributed by atoms with Crippen LogP contribution >= 0.6 is 12.4 Å². The fourth-order valence-corrected chi connectivity index (χ4v) is 3.41. The molecule has 1 atom stereocenters. The smallest absolute Gasteiger partial charge is 0.226 e. The lowest BCUT2D eigenvalue weighted by molar-refractivity contribution is -0.131. The number of halogens is 1. The van der Waals surface area contributed by atoms with Gasteiger partial charge in [0.25, 0.3) is 0 Å². The lowest BCUT2D eigenvalue weighted by Crippen LogP contribution is -2.33. The third-order valence-corrected chi connectivity index (χ3v) is 4.70. The Morgan fingerprint density at radius 3 is 3.00 bits per heavy atom. The van der Waals surface area contributed by atoms with E-state index in [1.165, 1.54) is 12.0 Å². The molecule has 0 radical (unpaired) electrons. The van der Waals surface area contributed by atoms with Gasteiger partial charge in [-0.2, -0.15) is 0 Å². The number of hydrogen-bond donors (Lipinski definition) is 1. The van der Waals surface area contributed by atoms with E-state index in [2.05, 4.69) is 5.32 Å². The molecule has 0 aliphatic carbocycles. The molecule has 0 bridgehead atoms. The second-order valence-electron chi connectivity index (χ2n) is 6.41. The van der Waals surface area contributed by atoms with Crippen LogP contribution in [0.4, 0.5) is 0 Å². The molecule has 22 heavy (non-hydrogen) atoms. The first-order valence-electron chi connectivity index (χ1n) is 7.85. The number of carbonyl (C=O) groups is 1. The van der Waals surface area contributed by atoms with E-state index in [4.69, 9.17) is 4.74 Å². The maximum Gasteiger partial charge on any atom is 0.226 e. The van der Waals surface area contributed by atoms with Crippen LogP contribution in [-0.2, 0) is 4.79 Å². The van der Waals surface area contributed by atoms with E-state index in [9.17, 15) is 4.79 Å². The normalized spacial score (nSPS) is 23.6. The number of aryl methyl sites for hydroxylation is 1. The van der Waals surface area contributed by atoms with Gasteiger partial charge >= 0.3 is 0 Å². The van der Waals surface area contributed by atoms with Gasteiger partial charge in [0.2, 0.25) is 5.91 Å². The molecule has 4 nitrogen and oxygen atoms in total. The minimum atomic E-state index is 0. The molecule has 1 amide bonds. The lowest BCUT2D eigenvalue weighted by atomic mass is 9.87. The third-order valence-electron chi connectivity index (χ3n) is 4.70. The summed E-state index contributed by atoms with van der Waals surface area (Å²) >= 11 is 0. The molecule has 2 heterocycles. The maximum atomic E-state index is 12.3. The Kier molecular flexibility index (Phi) is 5.70. The Morgan fingerprint density at radius 2 is 2.27 bits per heavy atom. The average Bonchev–Trinajstić information content (AvgIpc) is 3.10. The molecule has 5 heteroatoms. The summed E-state index contributed by atoms with van der Waals surface area (Å²) in [5.74, 6) is 1.08. The number of amides is 1. The molecule has 0 saturated carbocycles. The van der Waals surface area contributed by atoms with Gasteiger partial charge in [-0.25, -0.2) is 0 Å². The molecule has 1 aromatic rings. The molecule has 2 aliphatic heterocycles. The van der Waals surface area contributed by atoms with Gasteiger partial charge in [0.05, 0.1) is 13.0 Å². The standard InChI is InChI=1S/C17H24N2O2.ClH/c1-14-3-2-4-15(11-14)21-10-5-16(20)19-9-7-17(13-19)6-8-18-12-17;/h2-4,11,18H,5-10,12-13H2,1H3;1H. The topological polar surface area (TPSA) is 41.6 Å². The van der Waals surface area contributed by atoms with E-state index in [1.807, 2.05) is 36.1 Å². The molecule has 2 fully saturated rings. The van der Waals surface area contributed by atoms with Gasteiger partial charge < -0.3 is 15.0 Å². The molecule has 3 rings (SSSR count). The van der Waals surface area contributed by atoms with Crippen LogP contribution in [-0.4, -0.2) is 43.6 Å². The van der Waals surface area contributed by atoms with E-state index in [0.29, 0.717) is 18.4 Å². The van der Waals surface area contributed by atoms with Crippen LogP contribution < -0.4 is 10.1 Å². The van der Waals surface area contributed by atoms with Crippen LogP contribution in [0.25, 0.3) is 0 Å². The summed E-state index contributed by atoms with van der Waals surface area (Å²) in [5.41, 5.74) is 1.53. The van der Waals surface area contributed by atoms with Crippen molar-refractivity contribution in [2.75, 3.05) is 32.8 Å². The van der Waals surface area contributed by atoms with Crippen molar-refractivity contribution in [3.05, 3.63) is 29.8 Å². The van der Waals surface area contributed by atoms with E-state index >= 15 is 0 Å². The molecule has 2 aliphatic rings. The predicted octanol–water partition coefficient (Wildman–Crippen LogP) is 2.40. The van der Waals surface area contributed by atoms with Crippen LogP contribution in [0.5, 0.6) is 5.75 Å². The number of carbonyl (C=O) groups excluding carboxylic acids is 1. The Labute approximate surface area is 138 Å². The molecule has 2 saturated heterocycles. The number of rotatable bonds is 4. The van der Waals surface area contributed by atoms with Gasteiger partial charge in [-0.15, -0.1) is 12.4 Å². The van der Waals surface area contributed by atoms with Crippen LogP contribution in [0.1, 0.15) is 24.8 Å². The second kappa shape index (κ2) is 7.34. The average molecular weight is 325 g/mol. The fourth-order valence-electron chi connectivity index (χ4n) is 3.41. The number of ether oxygens (including phenoxy) is 1. The van der Waals surface area contributed by atoms with Gasteiger partial charge in [0.1, 0.15) is 5.75 Å². The lowest BCUT2D eigenvalue weighted by Gasteiger charge is -2.22. The van der Waals surface area contributed by atoms with Crippen molar-refractivity contribution in [3.63, 3.8) is 0 Å². The molecule has 1 unspecified atom stereocenters. The largest absolute Gasteiger partial charge is 0.493 e. The zero-order valence-corrected chi connectivity index (χ0v) is 14.0. The maximum absolute atomic E-state index is 12.3. The van der Waals surface area contributed by atoms with Crippen LogP contribution in [0.3, 0.4) is 0 Å². The van der Waals surface area contributed by atoms with Crippen LogP contribution in [0, 0.1) is 12.3 Å². The van der Waals surface area contributed by atoms with E-state index in [1.54, 1.807) is 0 Å². The van der Waals surface area contributed by atoms with Crippen molar-refractivity contribution in [1.82, 2.24) is 10.2 Å². The highest BCUT2D eigenvalue weighted by Gasteiger charge is 2.41. The predicted molar refractivity (Wildman–Crippen MR) is 89.7 cm³/mol. The van der Waals surface area contributed by atoms with Gasteiger partial charge in [-0.1, -0.05) is 12.1 Å². The van der Waals surface area contributed by atoms with Crippen molar-refractivity contribution in [2.45, 2.75) is 26.2 Å². The number of nitrogens with zero attached hydrogens (tertiary/aromatic N) is 1. The van der Waals surface area contributed by atoms with Crippen molar-refractivity contribution < 1.29 is 9.53 Å². The highest BCUT2D eigenvalue weighted by Crippen LogP contribution is 2.36. The summed E-state index contributed by atoms with van der Waals surface area (Å²) in [6.45, 7) is 6.49.